The largest absolute Gasteiger partial charge is 0.382 e. The fourth-order valence-electron chi connectivity index (χ4n) is 1.78. The van der Waals surface area contributed by atoms with Crippen LogP contribution in [-0.2, 0) is 6.54 Å². The standard InChI is InChI=1S/C15H19N3/c1-11(2)13-7-5-12(6-8-13)10-18-14-4-3-9-17-15(14)16/h3-9,11,18H,10H2,1-2H3,(H2,16,17). The van der Waals surface area contributed by atoms with Gasteiger partial charge in [0.1, 0.15) is 5.82 Å². The average molecular weight is 241 g/mol. The molecule has 1 aromatic carbocycles. The highest BCUT2D eigenvalue weighted by Gasteiger charge is 2.00. The van der Waals surface area contributed by atoms with Gasteiger partial charge in [0.25, 0.3) is 0 Å². The van der Waals surface area contributed by atoms with E-state index in [0.29, 0.717) is 11.7 Å². The van der Waals surface area contributed by atoms with Crippen LogP contribution in [-0.4, -0.2) is 4.98 Å². The van der Waals surface area contributed by atoms with Gasteiger partial charge in [0.2, 0.25) is 0 Å². The van der Waals surface area contributed by atoms with Crippen molar-refractivity contribution in [3.8, 4) is 0 Å². The number of hydrogen-bond acceptors (Lipinski definition) is 3. The molecule has 0 aliphatic rings. The Morgan fingerprint density at radius 1 is 1.17 bits per heavy atom. The van der Waals surface area contributed by atoms with Crippen LogP contribution in [0.5, 0.6) is 0 Å². The minimum absolute atomic E-state index is 0.538. The highest BCUT2D eigenvalue weighted by molar-refractivity contribution is 5.60. The summed E-state index contributed by atoms with van der Waals surface area (Å²) in [6.07, 6.45) is 1.69. The maximum absolute atomic E-state index is 5.77. The third kappa shape index (κ3) is 3.00. The van der Waals surface area contributed by atoms with Crippen molar-refractivity contribution in [2.75, 3.05) is 11.1 Å². The molecule has 0 amide bonds. The third-order valence-corrected chi connectivity index (χ3v) is 2.97. The van der Waals surface area contributed by atoms with Crippen molar-refractivity contribution < 1.29 is 0 Å². The van der Waals surface area contributed by atoms with Gasteiger partial charge in [-0.25, -0.2) is 4.98 Å². The second-order valence-electron chi connectivity index (χ2n) is 4.69. The van der Waals surface area contributed by atoms with Crippen molar-refractivity contribution in [3.63, 3.8) is 0 Å². The van der Waals surface area contributed by atoms with Crippen LogP contribution in [0.3, 0.4) is 0 Å². The van der Waals surface area contributed by atoms with Crippen LogP contribution in [0.2, 0.25) is 0 Å². The van der Waals surface area contributed by atoms with Crippen molar-refractivity contribution in [3.05, 3.63) is 53.7 Å². The van der Waals surface area contributed by atoms with Crippen LogP contribution in [0.4, 0.5) is 11.5 Å². The molecule has 1 aromatic heterocycles. The van der Waals surface area contributed by atoms with Gasteiger partial charge in [0, 0.05) is 12.7 Å². The first-order valence-electron chi connectivity index (χ1n) is 6.20. The van der Waals surface area contributed by atoms with Crippen LogP contribution in [0.1, 0.15) is 30.9 Å². The molecule has 0 aliphatic heterocycles. The van der Waals surface area contributed by atoms with Gasteiger partial charge in [0.15, 0.2) is 0 Å². The van der Waals surface area contributed by atoms with E-state index in [1.165, 1.54) is 11.1 Å². The lowest BCUT2D eigenvalue weighted by Gasteiger charge is -2.10. The predicted octanol–water partition coefficient (Wildman–Crippen LogP) is 3.40. The number of pyridine rings is 1. The van der Waals surface area contributed by atoms with E-state index in [9.17, 15) is 0 Å². The summed E-state index contributed by atoms with van der Waals surface area (Å²) < 4.78 is 0. The molecule has 0 bridgehead atoms. The highest BCUT2D eigenvalue weighted by Crippen LogP contribution is 2.17. The SMILES string of the molecule is CC(C)c1ccc(CNc2cccnc2N)cc1. The molecule has 0 fully saturated rings. The highest BCUT2D eigenvalue weighted by atomic mass is 14.9. The molecular formula is C15H19N3. The van der Waals surface area contributed by atoms with Crippen LogP contribution < -0.4 is 11.1 Å². The molecule has 3 N–H and O–H groups in total. The number of rotatable bonds is 4. The van der Waals surface area contributed by atoms with Gasteiger partial charge in [-0.1, -0.05) is 38.1 Å². The van der Waals surface area contributed by atoms with E-state index in [0.717, 1.165) is 12.2 Å². The zero-order valence-corrected chi connectivity index (χ0v) is 10.9. The third-order valence-electron chi connectivity index (χ3n) is 2.97. The molecule has 0 spiro atoms. The normalized spacial score (nSPS) is 10.6. The van der Waals surface area contributed by atoms with Gasteiger partial charge in [-0.3, -0.25) is 0 Å². The number of anilines is 2. The second-order valence-corrected chi connectivity index (χ2v) is 4.69. The molecular weight excluding hydrogens is 222 g/mol. The summed E-state index contributed by atoms with van der Waals surface area (Å²) in [5, 5.41) is 3.29. The predicted molar refractivity (Wildman–Crippen MR) is 76.5 cm³/mol. The Balaban J connectivity index is 2.00. The molecule has 0 radical (unpaired) electrons. The van der Waals surface area contributed by atoms with Gasteiger partial charge >= 0.3 is 0 Å². The summed E-state index contributed by atoms with van der Waals surface area (Å²) >= 11 is 0. The average Bonchev–Trinajstić information content (AvgIpc) is 2.38. The summed E-state index contributed by atoms with van der Waals surface area (Å²) in [6.45, 7) is 5.15. The first-order chi connectivity index (χ1) is 8.66. The zero-order valence-electron chi connectivity index (χ0n) is 10.9. The minimum Gasteiger partial charge on any atom is -0.382 e. The van der Waals surface area contributed by atoms with E-state index < -0.39 is 0 Å². The first-order valence-corrected chi connectivity index (χ1v) is 6.20. The van der Waals surface area contributed by atoms with Gasteiger partial charge in [0.05, 0.1) is 5.69 Å². The van der Waals surface area contributed by atoms with E-state index in [4.69, 9.17) is 5.73 Å². The number of nitrogens with one attached hydrogen (secondary N) is 1. The van der Waals surface area contributed by atoms with E-state index in [1.54, 1.807) is 6.20 Å². The van der Waals surface area contributed by atoms with Gasteiger partial charge in [-0.05, 0) is 29.2 Å². The molecule has 1 heterocycles. The fourth-order valence-corrected chi connectivity index (χ4v) is 1.78. The number of nitrogen functional groups attached to an aromatic ring is 1. The molecule has 18 heavy (non-hydrogen) atoms. The zero-order chi connectivity index (χ0) is 13.0. The number of nitrogens with two attached hydrogens (primary N) is 1. The van der Waals surface area contributed by atoms with Gasteiger partial charge in [-0.2, -0.15) is 0 Å². The molecule has 2 rings (SSSR count). The van der Waals surface area contributed by atoms with E-state index in [2.05, 4.69) is 48.4 Å². The molecule has 0 unspecified atom stereocenters. The summed E-state index contributed by atoms with van der Waals surface area (Å²) in [6, 6.07) is 12.5. The van der Waals surface area contributed by atoms with Crippen LogP contribution in [0, 0.1) is 0 Å². The number of aromatic nitrogens is 1. The summed E-state index contributed by atoms with van der Waals surface area (Å²) in [4.78, 5) is 4.04. The molecule has 0 saturated heterocycles. The van der Waals surface area contributed by atoms with E-state index >= 15 is 0 Å². The molecule has 0 saturated carbocycles. The Kier molecular flexibility index (Phi) is 3.82. The fraction of sp³-hybridized carbons (Fsp3) is 0.267. The smallest absolute Gasteiger partial charge is 0.146 e. The van der Waals surface area contributed by atoms with E-state index in [1.807, 2.05) is 12.1 Å². The van der Waals surface area contributed by atoms with E-state index in [-0.39, 0.29) is 0 Å². The molecule has 3 nitrogen and oxygen atoms in total. The Morgan fingerprint density at radius 3 is 2.50 bits per heavy atom. The van der Waals surface area contributed by atoms with Crippen LogP contribution >= 0.6 is 0 Å². The topological polar surface area (TPSA) is 50.9 Å². The minimum atomic E-state index is 0.538. The van der Waals surface area contributed by atoms with Crippen molar-refractivity contribution >= 4 is 11.5 Å². The first kappa shape index (κ1) is 12.4. The lowest BCUT2D eigenvalue weighted by molar-refractivity contribution is 0.865. The Bertz CT molecular complexity index is 503. The quantitative estimate of drug-likeness (QED) is 0.862. The Morgan fingerprint density at radius 2 is 1.89 bits per heavy atom. The van der Waals surface area contributed by atoms with Crippen LogP contribution in [0.25, 0.3) is 0 Å². The molecule has 2 aromatic rings. The van der Waals surface area contributed by atoms with Crippen molar-refractivity contribution in [2.45, 2.75) is 26.3 Å². The summed E-state index contributed by atoms with van der Waals surface area (Å²) in [5.74, 6) is 1.11. The molecule has 0 aliphatic carbocycles. The molecule has 0 atom stereocenters. The lowest BCUT2D eigenvalue weighted by atomic mass is 10.0. The Hall–Kier alpha value is -2.03. The monoisotopic (exact) mass is 241 g/mol. The van der Waals surface area contributed by atoms with Crippen molar-refractivity contribution in [1.82, 2.24) is 4.98 Å². The maximum Gasteiger partial charge on any atom is 0.146 e. The lowest BCUT2D eigenvalue weighted by Crippen LogP contribution is -2.03. The van der Waals surface area contributed by atoms with Crippen molar-refractivity contribution in [1.29, 1.82) is 0 Å². The maximum atomic E-state index is 5.77. The molecule has 3 heteroatoms. The van der Waals surface area contributed by atoms with Crippen molar-refractivity contribution in [2.24, 2.45) is 0 Å². The van der Waals surface area contributed by atoms with Gasteiger partial charge < -0.3 is 11.1 Å². The van der Waals surface area contributed by atoms with Crippen LogP contribution in [0.15, 0.2) is 42.6 Å². The number of benzene rings is 1. The number of hydrogen-bond donors (Lipinski definition) is 2. The number of nitrogens with zero attached hydrogens (tertiary/aromatic N) is 1. The molecule has 94 valence electrons. The summed E-state index contributed by atoms with van der Waals surface area (Å²) in [5.41, 5.74) is 9.25. The second kappa shape index (κ2) is 5.54. The van der Waals surface area contributed by atoms with Gasteiger partial charge in [-0.15, -0.1) is 0 Å². The Labute approximate surface area is 108 Å². The summed E-state index contributed by atoms with van der Waals surface area (Å²) in [7, 11) is 0.